The standard InChI is InChI=1S/C12H21F3N2O/c1-3-9(4-2)17-11(18)10-6-5-8(7-16-10)12(13,14)15/h8-10,16H,3-7H2,1-2H3,(H,17,18). The van der Waals surface area contributed by atoms with E-state index in [1.54, 1.807) is 0 Å². The van der Waals surface area contributed by atoms with Crippen LogP contribution < -0.4 is 10.6 Å². The van der Waals surface area contributed by atoms with Crippen LogP contribution in [0, 0.1) is 5.92 Å². The van der Waals surface area contributed by atoms with Crippen molar-refractivity contribution in [3.63, 3.8) is 0 Å². The van der Waals surface area contributed by atoms with Gasteiger partial charge in [0.2, 0.25) is 5.91 Å². The molecule has 1 amide bonds. The van der Waals surface area contributed by atoms with Crippen LogP contribution in [-0.2, 0) is 4.79 Å². The summed E-state index contributed by atoms with van der Waals surface area (Å²) in [6.07, 6.45) is -2.22. The highest BCUT2D eigenvalue weighted by Crippen LogP contribution is 2.31. The molecule has 1 heterocycles. The first-order valence-corrected chi connectivity index (χ1v) is 6.48. The number of carbonyl (C=O) groups is 1. The van der Waals surface area contributed by atoms with E-state index in [-0.39, 0.29) is 31.3 Å². The van der Waals surface area contributed by atoms with Gasteiger partial charge in [0.25, 0.3) is 0 Å². The summed E-state index contributed by atoms with van der Waals surface area (Å²) in [6, 6.07) is -0.371. The molecule has 0 aliphatic carbocycles. The van der Waals surface area contributed by atoms with E-state index in [0.29, 0.717) is 0 Å². The van der Waals surface area contributed by atoms with Crippen LogP contribution in [0.25, 0.3) is 0 Å². The number of halogens is 3. The Balaban J connectivity index is 2.41. The maximum Gasteiger partial charge on any atom is 0.393 e. The van der Waals surface area contributed by atoms with Crippen LogP contribution in [-0.4, -0.2) is 30.7 Å². The molecule has 0 spiro atoms. The number of alkyl halides is 3. The zero-order valence-corrected chi connectivity index (χ0v) is 10.8. The lowest BCUT2D eigenvalue weighted by Gasteiger charge is -2.31. The molecule has 18 heavy (non-hydrogen) atoms. The van der Waals surface area contributed by atoms with Gasteiger partial charge in [-0.05, 0) is 25.7 Å². The molecule has 3 nitrogen and oxygen atoms in total. The summed E-state index contributed by atoms with van der Waals surface area (Å²) in [5.41, 5.74) is 0. The Labute approximate surface area is 106 Å². The van der Waals surface area contributed by atoms with E-state index < -0.39 is 18.1 Å². The molecule has 0 aromatic heterocycles. The van der Waals surface area contributed by atoms with Crippen LogP contribution in [0.5, 0.6) is 0 Å². The molecule has 0 bridgehead atoms. The largest absolute Gasteiger partial charge is 0.393 e. The maximum absolute atomic E-state index is 12.4. The quantitative estimate of drug-likeness (QED) is 0.819. The third-order valence-corrected chi connectivity index (χ3v) is 3.53. The van der Waals surface area contributed by atoms with Crippen molar-refractivity contribution < 1.29 is 18.0 Å². The molecule has 1 saturated heterocycles. The van der Waals surface area contributed by atoms with E-state index in [1.807, 2.05) is 13.8 Å². The number of nitrogens with one attached hydrogen (secondary N) is 2. The van der Waals surface area contributed by atoms with Crippen molar-refractivity contribution in [2.45, 2.75) is 57.8 Å². The van der Waals surface area contributed by atoms with Gasteiger partial charge in [0.1, 0.15) is 0 Å². The molecule has 0 radical (unpaired) electrons. The van der Waals surface area contributed by atoms with E-state index in [0.717, 1.165) is 12.8 Å². The van der Waals surface area contributed by atoms with Crippen LogP contribution >= 0.6 is 0 Å². The average molecular weight is 266 g/mol. The smallest absolute Gasteiger partial charge is 0.352 e. The minimum atomic E-state index is -4.16. The molecule has 1 rings (SSSR count). The first kappa shape index (κ1) is 15.3. The number of hydrogen-bond acceptors (Lipinski definition) is 2. The lowest BCUT2D eigenvalue weighted by Crippen LogP contribution is -2.53. The monoisotopic (exact) mass is 266 g/mol. The van der Waals surface area contributed by atoms with Crippen LogP contribution in [0.1, 0.15) is 39.5 Å². The Morgan fingerprint density at radius 2 is 1.94 bits per heavy atom. The molecule has 6 heteroatoms. The molecule has 1 fully saturated rings. The number of amides is 1. The number of rotatable bonds is 4. The van der Waals surface area contributed by atoms with Gasteiger partial charge >= 0.3 is 6.18 Å². The van der Waals surface area contributed by atoms with Gasteiger partial charge in [0.05, 0.1) is 12.0 Å². The molecule has 2 N–H and O–H groups in total. The van der Waals surface area contributed by atoms with E-state index in [4.69, 9.17) is 0 Å². The second-order valence-corrected chi connectivity index (χ2v) is 4.80. The van der Waals surface area contributed by atoms with Crippen molar-refractivity contribution in [1.82, 2.24) is 10.6 Å². The van der Waals surface area contributed by atoms with Crippen molar-refractivity contribution in [2.75, 3.05) is 6.54 Å². The van der Waals surface area contributed by atoms with Crippen molar-refractivity contribution in [3.8, 4) is 0 Å². The molecule has 2 unspecified atom stereocenters. The summed E-state index contributed by atoms with van der Waals surface area (Å²) < 4.78 is 37.3. The first-order chi connectivity index (χ1) is 8.38. The second kappa shape index (κ2) is 6.41. The Morgan fingerprint density at radius 1 is 1.33 bits per heavy atom. The first-order valence-electron chi connectivity index (χ1n) is 6.48. The highest BCUT2D eigenvalue weighted by Gasteiger charge is 2.42. The topological polar surface area (TPSA) is 41.1 Å². The minimum absolute atomic E-state index is 0.0253. The second-order valence-electron chi connectivity index (χ2n) is 4.80. The summed E-state index contributed by atoms with van der Waals surface area (Å²) in [5.74, 6) is -1.50. The van der Waals surface area contributed by atoms with Crippen molar-refractivity contribution in [2.24, 2.45) is 5.92 Å². The van der Waals surface area contributed by atoms with E-state index in [2.05, 4.69) is 10.6 Å². The molecule has 106 valence electrons. The normalized spacial score (nSPS) is 25.2. The summed E-state index contributed by atoms with van der Waals surface area (Å²) in [6.45, 7) is 3.79. The van der Waals surface area contributed by atoms with Gasteiger partial charge in [-0.1, -0.05) is 13.8 Å². The van der Waals surface area contributed by atoms with Gasteiger partial charge in [0.15, 0.2) is 0 Å². The predicted octanol–water partition coefficient (Wildman–Crippen LogP) is 2.22. The Kier molecular flexibility index (Phi) is 5.44. The SMILES string of the molecule is CCC(CC)NC(=O)C1CCC(C(F)(F)F)CN1. The van der Waals surface area contributed by atoms with Crippen LogP contribution in [0.3, 0.4) is 0 Å². The van der Waals surface area contributed by atoms with Crippen LogP contribution in [0.15, 0.2) is 0 Å². The summed E-state index contributed by atoms with van der Waals surface area (Å²) in [4.78, 5) is 11.8. The lowest BCUT2D eigenvalue weighted by molar-refractivity contribution is -0.180. The molecule has 0 saturated carbocycles. The van der Waals surface area contributed by atoms with E-state index in [9.17, 15) is 18.0 Å². The van der Waals surface area contributed by atoms with Gasteiger partial charge in [-0.3, -0.25) is 4.79 Å². The Hall–Kier alpha value is -0.780. The number of piperidine rings is 1. The highest BCUT2D eigenvalue weighted by molar-refractivity contribution is 5.82. The fourth-order valence-electron chi connectivity index (χ4n) is 2.15. The van der Waals surface area contributed by atoms with Gasteiger partial charge in [-0.15, -0.1) is 0 Å². The zero-order valence-electron chi connectivity index (χ0n) is 10.8. The van der Waals surface area contributed by atoms with Crippen molar-refractivity contribution in [3.05, 3.63) is 0 Å². The fraction of sp³-hybridized carbons (Fsp3) is 0.917. The highest BCUT2D eigenvalue weighted by atomic mass is 19.4. The van der Waals surface area contributed by atoms with E-state index in [1.165, 1.54) is 0 Å². The summed E-state index contributed by atoms with van der Waals surface area (Å²) >= 11 is 0. The third-order valence-electron chi connectivity index (χ3n) is 3.53. The van der Waals surface area contributed by atoms with Crippen LogP contribution in [0.4, 0.5) is 13.2 Å². The Bertz CT molecular complexity index is 269. The minimum Gasteiger partial charge on any atom is -0.352 e. The average Bonchev–Trinajstić information content (AvgIpc) is 2.34. The third kappa shape index (κ3) is 4.15. The summed E-state index contributed by atoms with van der Waals surface area (Å²) in [5, 5.41) is 5.55. The Morgan fingerprint density at radius 3 is 2.33 bits per heavy atom. The molecule has 0 aromatic rings. The lowest BCUT2D eigenvalue weighted by atomic mass is 9.93. The molecule has 2 atom stereocenters. The van der Waals surface area contributed by atoms with Gasteiger partial charge in [0, 0.05) is 12.6 Å². The van der Waals surface area contributed by atoms with Crippen LogP contribution in [0.2, 0.25) is 0 Å². The van der Waals surface area contributed by atoms with Crippen molar-refractivity contribution in [1.29, 1.82) is 0 Å². The summed E-state index contributed by atoms with van der Waals surface area (Å²) in [7, 11) is 0. The fourth-order valence-corrected chi connectivity index (χ4v) is 2.15. The maximum atomic E-state index is 12.4. The predicted molar refractivity (Wildman–Crippen MR) is 63.1 cm³/mol. The van der Waals surface area contributed by atoms with Gasteiger partial charge in [-0.25, -0.2) is 0 Å². The molecular formula is C12H21F3N2O. The van der Waals surface area contributed by atoms with Gasteiger partial charge < -0.3 is 10.6 Å². The molecule has 1 aliphatic rings. The number of hydrogen-bond donors (Lipinski definition) is 2. The zero-order chi connectivity index (χ0) is 13.8. The van der Waals surface area contributed by atoms with Crippen molar-refractivity contribution >= 4 is 5.91 Å². The molecular weight excluding hydrogens is 245 g/mol. The van der Waals surface area contributed by atoms with E-state index >= 15 is 0 Å². The number of carbonyl (C=O) groups excluding carboxylic acids is 1. The molecule has 1 aliphatic heterocycles. The molecule has 0 aromatic carbocycles. The van der Waals surface area contributed by atoms with Gasteiger partial charge in [-0.2, -0.15) is 13.2 Å².